The summed E-state index contributed by atoms with van der Waals surface area (Å²) in [7, 11) is 0. The number of benzene rings is 1. The molecule has 0 unspecified atom stereocenters. The average molecular weight is 176 g/mol. The number of carbonyl (C=O) groups excluding carboxylic acids is 1. The van der Waals surface area contributed by atoms with Crippen molar-refractivity contribution >= 4 is 5.78 Å². The van der Waals surface area contributed by atoms with E-state index in [9.17, 15) is 9.18 Å². The summed E-state index contributed by atoms with van der Waals surface area (Å²) in [4.78, 5) is 11.5. The van der Waals surface area contributed by atoms with Crippen molar-refractivity contribution in [1.82, 2.24) is 0 Å². The third kappa shape index (κ3) is 1.18. The van der Waals surface area contributed by atoms with Crippen LogP contribution < -0.4 is 0 Å². The Bertz CT molecular complexity index is 393. The van der Waals surface area contributed by atoms with Gasteiger partial charge in [-0.15, -0.1) is 0 Å². The van der Waals surface area contributed by atoms with Gasteiger partial charge in [0.2, 0.25) is 0 Å². The number of fused-ring (bicyclic) bond motifs is 1. The summed E-state index contributed by atoms with van der Waals surface area (Å²) in [5.74, 6) is -0.390. The summed E-state index contributed by atoms with van der Waals surface area (Å²) in [5.41, 5.74) is 1.61. The molecule has 1 aromatic carbocycles. The van der Waals surface area contributed by atoms with Gasteiger partial charge in [0.25, 0.3) is 0 Å². The van der Waals surface area contributed by atoms with Crippen molar-refractivity contribution in [3.8, 4) is 0 Å². The van der Waals surface area contributed by atoms with Crippen LogP contribution in [0.1, 0.15) is 22.3 Å². The minimum absolute atomic E-state index is 0.110. The first-order chi connectivity index (χ1) is 6.20. The summed E-state index contributed by atoms with van der Waals surface area (Å²) >= 11 is 0. The summed E-state index contributed by atoms with van der Waals surface area (Å²) in [5, 5.41) is 0. The fourth-order valence-corrected chi connectivity index (χ4v) is 1.61. The Morgan fingerprint density at radius 1 is 1.31 bits per heavy atom. The second-order valence-corrected chi connectivity index (χ2v) is 3.20. The number of hydrogen-bond acceptors (Lipinski definition) is 1. The van der Waals surface area contributed by atoms with E-state index in [-0.39, 0.29) is 11.6 Å². The molecule has 2 heteroatoms. The minimum Gasteiger partial charge on any atom is -0.289 e. The van der Waals surface area contributed by atoms with Gasteiger partial charge in [-0.1, -0.05) is 18.7 Å². The van der Waals surface area contributed by atoms with Gasteiger partial charge < -0.3 is 0 Å². The van der Waals surface area contributed by atoms with Gasteiger partial charge in [-0.3, -0.25) is 4.79 Å². The van der Waals surface area contributed by atoms with E-state index >= 15 is 0 Å². The van der Waals surface area contributed by atoms with Gasteiger partial charge in [0.15, 0.2) is 5.78 Å². The first kappa shape index (κ1) is 8.17. The maximum atomic E-state index is 13.2. The smallest absolute Gasteiger partial charge is 0.188 e. The standard InChI is InChI=1S/C11H9FO/c1-7-5-6-8-9(11(7)13)3-2-4-10(8)12/h2-4H,1,5-6H2. The summed E-state index contributed by atoms with van der Waals surface area (Å²) in [6.45, 7) is 3.65. The zero-order valence-electron chi connectivity index (χ0n) is 7.14. The Morgan fingerprint density at radius 3 is 2.85 bits per heavy atom. The predicted molar refractivity (Wildman–Crippen MR) is 48.2 cm³/mol. The molecule has 0 saturated heterocycles. The van der Waals surface area contributed by atoms with E-state index in [4.69, 9.17) is 0 Å². The highest BCUT2D eigenvalue weighted by Crippen LogP contribution is 2.25. The predicted octanol–water partition coefficient (Wildman–Crippen LogP) is 2.51. The van der Waals surface area contributed by atoms with Gasteiger partial charge in [-0.2, -0.15) is 0 Å². The van der Waals surface area contributed by atoms with Gasteiger partial charge in [-0.05, 0) is 30.0 Å². The molecule has 0 fully saturated rings. The van der Waals surface area contributed by atoms with Crippen molar-refractivity contribution in [2.75, 3.05) is 0 Å². The number of Topliss-reactive ketones (excluding diaryl/α,β-unsaturated/α-hetero) is 1. The molecule has 1 aliphatic carbocycles. The average Bonchev–Trinajstić information content (AvgIpc) is 2.12. The third-order valence-corrected chi connectivity index (χ3v) is 2.36. The van der Waals surface area contributed by atoms with E-state index in [1.807, 2.05) is 0 Å². The molecular formula is C11H9FO. The lowest BCUT2D eigenvalue weighted by Gasteiger charge is -2.16. The number of allylic oxidation sites excluding steroid dienone is 1. The van der Waals surface area contributed by atoms with Gasteiger partial charge in [0.05, 0.1) is 0 Å². The lowest BCUT2D eigenvalue weighted by atomic mass is 9.87. The largest absolute Gasteiger partial charge is 0.289 e. The molecule has 0 aromatic heterocycles. The fourth-order valence-electron chi connectivity index (χ4n) is 1.61. The Balaban J connectivity index is 2.62. The second kappa shape index (κ2) is 2.80. The number of hydrogen-bond donors (Lipinski definition) is 0. The lowest BCUT2D eigenvalue weighted by Crippen LogP contribution is -2.14. The van der Waals surface area contributed by atoms with Crippen LogP contribution in [0.15, 0.2) is 30.4 Å². The van der Waals surface area contributed by atoms with E-state index in [0.29, 0.717) is 29.5 Å². The van der Waals surface area contributed by atoms with Crippen molar-refractivity contribution in [3.05, 3.63) is 47.3 Å². The summed E-state index contributed by atoms with van der Waals surface area (Å²) in [6, 6.07) is 4.61. The summed E-state index contributed by atoms with van der Waals surface area (Å²) in [6.07, 6.45) is 1.17. The van der Waals surface area contributed by atoms with E-state index in [2.05, 4.69) is 6.58 Å². The third-order valence-electron chi connectivity index (χ3n) is 2.36. The van der Waals surface area contributed by atoms with Crippen LogP contribution in [0.25, 0.3) is 0 Å². The fraction of sp³-hybridized carbons (Fsp3) is 0.182. The molecule has 13 heavy (non-hydrogen) atoms. The van der Waals surface area contributed by atoms with Crippen LogP contribution in [-0.2, 0) is 6.42 Å². The maximum Gasteiger partial charge on any atom is 0.188 e. The topological polar surface area (TPSA) is 17.1 Å². The Kier molecular flexibility index (Phi) is 1.76. The molecule has 66 valence electrons. The van der Waals surface area contributed by atoms with Crippen molar-refractivity contribution in [3.63, 3.8) is 0 Å². The van der Waals surface area contributed by atoms with Crippen molar-refractivity contribution < 1.29 is 9.18 Å². The lowest BCUT2D eigenvalue weighted by molar-refractivity contribution is 0.102. The zero-order valence-corrected chi connectivity index (χ0v) is 7.14. The molecule has 0 spiro atoms. The quantitative estimate of drug-likeness (QED) is 0.555. The van der Waals surface area contributed by atoms with Crippen LogP contribution in [0, 0.1) is 5.82 Å². The minimum atomic E-state index is -0.279. The Morgan fingerprint density at radius 2 is 2.08 bits per heavy atom. The molecule has 0 bridgehead atoms. The zero-order chi connectivity index (χ0) is 9.42. The SMILES string of the molecule is C=C1CCc2c(F)cccc2C1=O. The van der Waals surface area contributed by atoms with Crippen LogP contribution in [0.2, 0.25) is 0 Å². The number of halogens is 1. The first-order valence-electron chi connectivity index (χ1n) is 4.20. The van der Waals surface area contributed by atoms with Gasteiger partial charge in [0.1, 0.15) is 5.82 Å². The number of rotatable bonds is 0. The maximum absolute atomic E-state index is 13.2. The van der Waals surface area contributed by atoms with Gasteiger partial charge in [-0.25, -0.2) is 4.39 Å². The van der Waals surface area contributed by atoms with E-state index < -0.39 is 0 Å². The highest BCUT2D eigenvalue weighted by Gasteiger charge is 2.22. The van der Waals surface area contributed by atoms with Crippen LogP contribution in [-0.4, -0.2) is 5.78 Å². The van der Waals surface area contributed by atoms with Crippen LogP contribution >= 0.6 is 0 Å². The molecule has 1 aromatic rings. The van der Waals surface area contributed by atoms with Crippen molar-refractivity contribution in [2.45, 2.75) is 12.8 Å². The van der Waals surface area contributed by atoms with Crippen molar-refractivity contribution in [2.24, 2.45) is 0 Å². The molecule has 0 amide bonds. The second-order valence-electron chi connectivity index (χ2n) is 3.20. The first-order valence-corrected chi connectivity index (χ1v) is 4.20. The normalized spacial score (nSPS) is 15.8. The van der Waals surface area contributed by atoms with Gasteiger partial charge >= 0.3 is 0 Å². The molecule has 0 heterocycles. The van der Waals surface area contributed by atoms with E-state index in [0.717, 1.165) is 0 Å². The summed E-state index contributed by atoms with van der Waals surface area (Å²) < 4.78 is 13.2. The van der Waals surface area contributed by atoms with Crippen LogP contribution in [0.4, 0.5) is 4.39 Å². The Hall–Kier alpha value is -1.44. The van der Waals surface area contributed by atoms with Crippen molar-refractivity contribution in [1.29, 1.82) is 0 Å². The monoisotopic (exact) mass is 176 g/mol. The number of ketones is 1. The molecule has 0 aliphatic heterocycles. The molecule has 0 radical (unpaired) electrons. The highest BCUT2D eigenvalue weighted by atomic mass is 19.1. The molecule has 1 aliphatic rings. The number of carbonyl (C=O) groups is 1. The van der Waals surface area contributed by atoms with Gasteiger partial charge in [0, 0.05) is 5.56 Å². The van der Waals surface area contributed by atoms with E-state index in [1.54, 1.807) is 12.1 Å². The molecule has 1 nitrogen and oxygen atoms in total. The highest BCUT2D eigenvalue weighted by molar-refractivity contribution is 6.10. The molecule has 0 saturated carbocycles. The molecule has 0 N–H and O–H groups in total. The molecular weight excluding hydrogens is 167 g/mol. The van der Waals surface area contributed by atoms with Crippen LogP contribution in [0.5, 0.6) is 0 Å². The Labute approximate surface area is 75.9 Å². The molecule has 2 rings (SSSR count). The van der Waals surface area contributed by atoms with Crippen LogP contribution in [0.3, 0.4) is 0 Å². The molecule has 0 atom stereocenters. The van der Waals surface area contributed by atoms with E-state index in [1.165, 1.54) is 6.07 Å².